The first-order valence-corrected chi connectivity index (χ1v) is 12.2. The van der Waals surface area contributed by atoms with Gasteiger partial charge in [0.15, 0.2) is 15.0 Å². The molecule has 1 aliphatic rings. The average Bonchev–Trinajstić information content (AvgIpc) is 3.14. The van der Waals surface area contributed by atoms with Crippen molar-refractivity contribution in [3.63, 3.8) is 0 Å². The second-order valence-corrected chi connectivity index (χ2v) is 10.4. The number of piperazine rings is 1. The summed E-state index contributed by atoms with van der Waals surface area (Å²) < 4.78 is 24.3. The molecule has 0 radical (unpaired) electrons. The van der Waals surface area contributed by atoms with E-state index in [2.05, 4.69) is 30.0 Å². The minimum atomic E-state index is -3.22. The molecule has 4 rings (SSSR count). The van der Waals surface area contributed by atoms with Gasteiger partial charge < -0.3 is 9.80 Å². The zero-order chi connectivity index (χ0) is 20.6. The number of carbonyl (C=O) groups is 1. The van der Waals surface area contributed by atoms with E-state index in [4.69, 9.17) is 4.98 Å². The fourth-order valence-electron chi connectivity index (χ4n) is 3.50. The van der Waals surface area contributed by atoms with Gasteiger partial charge in [-0.25, -0.2) is 13.4 Å². The highest BCUT2D eigenvalue weighted by Crippen LogP contribution is 2.31. The maximum absolute atomic E-state index is 12.7. The molecule has 29 heavy (non-hydrogen) atoms. The normalized spacial score (nSPS) is 15.1. The largest absolute Gasteiger partial charge is 0.345 e. The third-order valence-electron chi connectivity index (χ3n) is 5.22. The molecule has 6 nitrogen and oxygen atoms in total. The molecule has 0 unspecified atom stereocenters. The Balaban J connectivity index is 1.37. The summed E-state index contributed by atoms with van der Waals surface area (Å²) in [5.41, 5.74) is 3.07. The summed E-state index contributed by atoms with van der Waals surface area (Å²) in [5, 5.41) is 1.01. The Bertz CT molecular complexity index is 1150. The van der Waals surface area contributed by atoms with Gasteiger partial charge in [0, 0.05) is 32.4 Å². The van der Waals surface area contributed by atoms with Crippen LogP contribution in [0, 0.1) is 6.92 Å². The topological polar surface area (TPSA) is 70.6 Å². The molecule has 1 fully saturated rings. The van der Waals surface area contributed by atoms with Crippen LogP contribution in [-0.2, 0) is 21.1 Å². The number of sulfone groups is 1. The number of anilines is 1. The van der Waals surface area contributed by atoms with Crippen molar-refractivity contribution < 1.29 is 13.2 Å². The van der Waals surface area contributed by atoms with E-state index in [0.29, 0.717) is 13.1 Å². The Labute approximate surface area is 174 Å². The molecule has 0 N–H and O–H groups in total. The summed E-state index contributed by atoms with van der Waals surface area (Å²) in [6, 6.07) is 12.8. The molecule has 152 valence electrons. The van der Waals surface area contributed by atoms with Crippen LogP contribution in [0.5, 0.6) is 0 Å². The predicted molar refractivity (Wildman–Crippen MR) is 116 cm³/mol. The van der Waals surface area contributed by atoms with Gasteiger partial charge in [0.2, 0.25) is 5.91 Å². The zero-order valence-electron chi connectivity index (χ0n) is 16.5. The average molecular weight is 430 g/mol. The molecule has 0 saturated carbocycles. The van der Waals surface area contributed by atoms with Crippen LogP contribution in [0.4, 0.5) is 5.13 Å². The lowest BCUT2D eigenvalue weighted by molar-refractivity contribution is -0.130. The van der Waals surface area contributed by atoms with Crippen molar-refractivity contribution in [2.45, 2.75) is 18.2 Å². The summed E-state index contributed by atoms with van der Waals surface area (Å²) in [7, 11) is -3.22. The third kappa shape index (κ3) is 4.28. The quantitative estimate of drug-likeness (QED) is 0.638. The third-order valence-corrected chi connectivity index (χ3v) is 7.43. The van der Waals surface area contributed by atoms with Gasteiger partial charge >= 0.3 is 0 Å². The molecule has 1 amide bonds. The van der Waals surface area contributed by atoms with Gasteiger partial charge in [0.25, 0.3) is 0 Å². The Morgan fingerprint density at radius 3 is 2.38 bits per heavy atom. The molecule has 1 saturated heterocycles. The minimum Gasteiger partial charge on any atom is -0.345 e. The predicted octanol–water partition coefficient (Wildman–Crippen LogP) is 2.90. The lowest BCUT2D eigenvalue weighted by Crippen LogP contribution is -2.49. The number of nitrogens with zero attached hydrogens (tertiary/aromatic N) is 3. The Morgan fingerprint density at radius 1 is 1.07 bits per heavy atom. The van der Waals surface area contributed by atoms with E-state index in [1.165, 1.54) is 16.5 Å². The first-order chi connectivity index (χ1) is 13.8. The number of hydrogen-bond acceptors (Lipinski definition) is 6. The highest BCUT2D eigenvalue weighted by Gasteiger charge is 2.23. The molecule has 3 aromatic rings. The molecule has 1 aromatic heterocycles. The van der Waals surface area contributed by atoms with E-state index >= 15 is 0 Å². The lowest BCUT2D eigenvalue weighted by Gasteiger charge is -2.34. The van der Waals surface area contributed by atoms with Crippen molar-refractivity contribution in [3.05, 3.63) is 53.6 Å². The Morgan fingerprint density at radius 2 is 1.76 bits per heavy atom. The summed E-state index contributed by atoms with van der Waals surface area (Å²) in [6.07, 6.45) is 1.46. The molecule has 0 bridgehead atoms. The van der Waals surface area contributed by atoms with E-state index in [-0.39, 0.29) is 17.2 Å². The number of amides is 1. The van der Waals surface area contributed by atoms with E-state index < -0.39 is 9.84 Å². The van der Waals surface area contributed by atoms with Crippen LogP contribution in [0.25, 0.3) is 10.2 Å². The second kappa shape index (κ2) is 7.76. The summed E-state index contributed by atoms with van der Waals surface area (Å²) >= 11 is 1.70. The molecule has 1 aliphatic heterocycles. The van der Waals surface area contributed by atoms with E-state index in [9.17, 15) is 13.2 Å². The number of aromatic nitrogens is 1. The number of hydrogen-bond donors (Lipinski definition) is 0. The SMILES string of the molecule is Cc1cccc2sc(N3CCN(C(=O)Cc4ccc(S(C)(=O)=O)cc4)CC3)nc12. The highest BCUT2D eigenvalue weighted by molar-refractivity contribution is 7.90. The number of benzene rings is 2. The molecule has 2 heterocycles. The van der Waals surface area contributed by atoms with Crippen LogP contribution in [0.1, 0.15) is 11.1 Å². The maximum atomic E-state index is 12.7. The van der Waals surface area contributed by atoms with Crippen LogP contribution in [0.15, 0.2) is 47.4 Å². The highest BCUT2D eigenvalue weighted by atomic mass is 32.2. The van der Waals surface area contributed by atoms with Gasteiger partial charge in [-0.1, -0.05) is 35.6 Å². The van der Waals surface area contributed by atoms with Gasteiger partial charge in [-0.05, 0) is 36.2 Å². The molecular weight excluding hydrogens is 406 g/mol. The summed E-state index contributed by atoms with van der Waals surface area (Å²) in [5.74, 6) is 0.0666. The first-order valence-electron chi connectivity index (χ1n) is 9.49. The van der Waals surface area contributed by atoms with Gasteiger partial charge in [-0.3, -0.25) is 4.79 Å². The monoisotopic (exact) mass is 429 g/mol. The van der Waals surface area contributed by atoms with Crippen LogP contribution in [0.3, 0.4) is 0 Å². The number of carbonyl (C=O) groups excluding carboxylic acids is 1. The Hall–Kier alpha value is -2.45. The standard InChI is InChI=1S/C21H23N3O3S2/c1-15-4-3-5-18-20(15)22-21(28-18)24-12-10-23(11-13-24)19(25)14-16-6-8-17(9-7-16)29(2,26)27/h3-9H,10-14H2,1-2H3. The van der Waals surface area contributed by atoms with Crippen molar-refractivity contribution in [2.75, 3.05) is 37.3 Å². The zero-order valence-corrected chi connectivity index (χ0v) is 18.1. The number of para-hydroxylation sites is 1. The van der Waals surface area contributed by atoms with E-state index in [1.54, 1.807) is 35.6 Å². The molecular formula is C21H23N3O3S2. The van der Waals surface area contributed by atoms with Crippen molar-refractivity contribution in [2.24, 2.45) is 0 Å². The second-order valence-electron chi connectivity index (χ2n) is 7.38. The molecule has 0 atom stereocenters. The fourth-order valence-corrected chi connectivity index (χ4v) is 5.22. The molecule has 8 heteroatoms. The van der Waals surface area contributed by atoms with Gasteiger partial charge in [-0.2, -0.15) is 0 Å². The Kier molecular flexibility index (Phi) is 5.31. The van der Waals surface area contributed by atoms with E-state index in [1.807, 2.05) is 4.90 Å². The summed E-state index contributed by atoms with van der Waals surface area (Å²) in [6.45, 7) is 4.92. The van der Waals surface area contributed by atoms with Gasteiger partial charge in [0.1, 0.15) is 0 Å². The van der Waals surface area contributed by atoms with Crippen molar-refractivity contribution >= 4 is 42.4 Å². The lowest BCUT2D eigenvalue weighted by atomic mass is 10.1. The van der Waals surface area contributed by atoms with Crippen LogP contribution < -0.4 is 4.90 Å². The van der Waals surface area contributed by atoms with Crippen molar-refractivity contribution in [1.82, 2.24) is 9.88 Å². The van der Waals surface area contributed by atoms with Crippen LogP contribution in [-0.4, -0.2) is 56.6 Å². The van der Waals surface area contributed by atoms with Gasteiger partial charge in [0.05, 0.1) is 21.5 Å². The number of fused-ring (bicyclic) bond motifs is 1. The van der Waals surface area contributed by atoms with Crippen LogP contribution >= 0.6 is 11.3 Å². The minimum absolute atomic E-state index is 0.0666. The first kappa shape index (κ1) is 19.8. The van der Waals surface area contributed by atoms with Crippen LogP contribution in [0.2, 0.25) is 0 Å². The maximum Gasteiger partial charge on any atom is 0.227 e. The smallest absolute Gasteiger partial charge is 0.227 e. The number of thiazole rings is 1. The summed E-state index contributed by atoms with van der Waals surface area (Å²) in [4.78, 5) is 21.8. The number of rotatable bonds is 4. The number of aryl methyl sites for hydroxylation is 1. The van der Waals surface area contributed by atoms with Gasteiger partial charge in [-0.15, -0.1) is 0 Å². The molecule has 0 spiro atoms. The van der Waals surface area contributed by atoms with E-state index in [0.717, 1.165) is 29.3 Å². The fraction of sp³-hybridized carbons (Fsp3) is 0.333. The molecule has 2 aromatic carbocycles. The van der Waals surface area contributed by atoms with Crippen molar-refractivity contribution in [3.8, 4) is 0 Å². The van der Waals surface area contributed by atoms with Crippen molar-refractivity contribution in [1.29, 1.82) is 0 Å². The molecule has 0 aliphatic carbocycles.